The van der Waals surface area contributed by atoms with Crippen LogP contribution in [0.3, 0.4) is 0 Å². The minimum atomic E-state index is -0.207. The van der Waals surface area contributed by atoms with Crippen molar-refractivity contribution in [2.75, 3.05) is 18.0 Å². The molecule has 114 valence electrons. The molecule has 1 aliphatic heterocycles. The van der Waals surface area contributed by atoms with Crippen LogP contribution in [0.1, 0.15) is 25.0 Å². The Morgan fingerprint density at radius 1 is 1.09 bits per heavy atom. The van der Waals surface area contributed by atoms with Crippen LogP contribution < -0.4 is 10.6 Å². The fourth-order valence-electron chi connectivity index (χ4n) is 2.99. The van der Waals surface area contributed by atoms with E-state index in [1.807, 2.05) is 18.2 Å². The van der Waals surface area contributed by atoms with Crippen molar-refractivity contribution >= 4 is 11.4 Å². The molecule has 2 aromatic rings. The van der Waals surface area contributed by atoms with Gasteiger partial charge in [-0.3, -0.25) is 4.99 Å². The van der Waals surface area contributed by atoms with E-state index in [4.69, 9.17) is 10.7 Å². The predicted molar refractivity (Wildman–Crippen MR) is 93.5 cm³/mol. The van der Waals surface area contributed by atoms with Gasteiger partial charge in [0.25, 0.3) is 0 Å². The van der Waals surface area contributed by atoms with Crippen LogP contribution in [0.4, 0.5) is 5.69 Å². The monoisotopic (exact) mass is 293 g/mol. The van der Waals surface area contributed by atoms with Crippen LogP contribution >= 0.6 is 0 Å². The largest absolute Gasteiger partial charge is 0.367 e. The van der Waals surface area contributed by atoms with Gasteiger partial charge in [-0.15, -0.1) is 0 Å². The lowest BCUT2D eigenvalue weighted by Gasteiger charge is -2.27. The summed E-state index contributed by atoms with van der Waals surface area (Å²) in [4.78, 5) is 7.16. The maximum atomic E-state index is 6.28. The van der Waals surface area contributed by atoms with Crippen LogP contribution in [0.5, 0.6) is 0 Å². The molecule has 22 heavy (non-hydrogen) atoms. The molecule has 3 rings (SSSR count). The molecule has 0 saturated heterocycles. The zero-order valence-electron chi connectivity index (χ0n) is 13.2. The molecule has 0 fully saturated rings. The van der Waals surface area contributed by atoms with Crippen molar-refractivity contribution in [2.45, 2.75) is 20.0 Å². The molecule has 0 saturated carbocycles. The molecule has 0 aromatic heterocycles. The van der Waals surface area contributed by atoms with Crippen LogP contribution in [-0.4, -0.2) is 25.0 Å². The van der Waals surface area contributed by atoms with E-state index in [0.29, 0.717) is 5.92 Å². The third kappa shape index (κ3) is 3.04. The highest BCUT2D eigenvalue weighted by atomic mass is 15.2. The molecule has 1 unspecified atom stereocenters. The van der Waals surface area contributed by atoms with E-state index in [1.54, 1.807) is 0 Å². The van der Waals surface area contributed by atoms with Crippen LogP contribution in [0, 0.1) is 5.92 Å². The summed E-state index contributed by atoms with van der Waals surface area (Å²) in [6, 6.07) is 18.8. The Kier molecular flexibility index (Phi) is 4.25. The summed E-state index contributed by atoms with van der Waals surface area (Å²) in [6.45, 7) is 6.21. The van der Waals surface area contributed by atoms with E-state index in [9.17, 15) is 0 Å². The number of fused-ring (bicyclic) bond motifs is 1. The average Bonchev–Trinajstić information content (AvgIpc) is 2.65. The zero-order chi connectivity index (χ0) is 15.5. The van der Waals surface area contributed by atoms with Crippen molar-refractivity contribution in [3.8, 4) is 0 Å². The molecule has 0 bridgehead atoms. The minimum absolute atomic E-state index is 0.207. The average molecular weight is 293 g/mol. The highest BCUT2D eigenvalue weighted by Gasteiger charge is 2.22. The third-order valence-electron chi connectivity index (χ3n) is 3.83. The first-order chi connectivity index (χ1) is 10.6. The van der Waals surface area contributed by atoms with Crippen molar-refractivity contribution in [1.29, 1.82) is 0 Å². The smallest absolute Gasteiger partial charge is 0.115 e. The van der Waals surface area contributed by atoms with Gasteiger partial charge in [-0.2, -0.15) is 0 Å². The quantitative estimate of drug-likeness (QED) is 0.943. The molecule has 1 aliphatic rings. The molecule has 3 nitrogen and oxygen atoms in total. The topological polar surface area (TPSA) is 41.6 Å². The Bertz CT molecular complexity index is 661. The summed E-state index contributed by atoms with van der Waals surface area (Å²) in [5, 5.41) is 0. The van der Waals surface area contributed by atoms with E-state index in [2.05, 4.69) is 55.1 Å². The summed E-state index contributed by atoms with van der Waals surface area (Å²) < 4.78 is 0. The van der Waals surface area contributed by atoms with Gasteiger partial charge in [-0.25, -0.2) is 0 Å². The second-order valence-corrected chi connectivity index (χ2v) is 6.23. The van der Waals surface area contributed by atoms with Gasteiger partial charge in [0.05, 0.1) is 12.3 Å². The van der Waals surface area contributed by atoms with E-state index >= 15 is 0 Å². The van der Waals surface area contributed by atoms with Crippen LogP contribution in [0.15, 0.2) is 59.6 Å². The second kappa shape index (κ2) is 6.32. The standard InChI is InChI=1S/C19H23N3/c1-14(2)12-22-13-18(20)21-19(15-8-4-3-5-9-15)16-10-6-7-11-17(16)22/h3-11,14,18H,12-13,20H2,1-2H3. The van der Waals surface area contributed by atoms with Gasteiger partial charge in [0.15, 0.2) is 0 Å². The number of hydrogen-bond donors (Lipinski definition) is 1. The normalized spacial score (nSPS) is 17.9. The van der Waals surface area contributed by atoms with Gasteiger partial charge < -0.3 is 10.6 Å². The van der Waals surface area contributed by atoms with E-state index in [-0.39, 0.29) is 6.17 Å². The van der Waals surface area contributed by atoms with Gasteiger partial charge in [-0.05, 0) is 12.0 Å². The number of nitrogens with zero attached hydrogens (tertiary/aromatic N) is 2. The van der Waals surface area contributed by atoms with Crippen molar-refractivity contribution in [1.82, 2.24) is 0 Å². The fraction of sp³-hybridized carbons (Fsp3) is 0.316. The lowest BCUT2D eigenvalue weighted by Crippen LogP contribution is -2.37. The number of nitrogens with two attached hydrogens (primary N) is 1. The molecule has 0 amide bonds. The number of benzodiazepines with no additional fused rings is 1. The number of aliphatic imine (C=N–C) groups is 1. The molecular weight excluding hydrogens is 270 g/mol. The third-order valence-corrected chi connectivity index (χ3v) is 3.83. The SMILES string of the molecule is CC(C)CN1CC(N)N=C(c2ccccc2)c2ccccc21. The summed E-state index contributed by atoms with van der Waals surface area (Å²) in [5.74, 6) is 0.582. The molecule has 3 heteroatoms. The molecule has 2 N–H and O–H groups in total. The Hall–Kier alpha value is -2.13. The summed E-state index contributed by atoms with van der Waals surface area (Å²) >= 11 is 0. The van der Waals surface area contributed by atoms with Crippen molar-refractivity contribution in [3.05, 3.63) is 65.7 Å². The molecule has 2 aromatic carbocycles. The Morgan fingerprint density at radius 2 is 1.77 bits per heavy atom. The highest BCUT2D eigenvalue weighted by Crippen LogP contribution is 2.27. The summed E-state index contributed by atoms with van der Waals surface area (Å²) in [5.41, 5.74) is 10.8. The molecule has 0 radical (unpaired) electrons. The van der Waals surface area contributed by atoms with Gasteiger partial charge in [0.1, 0.15) is 6.17 Å². The fourth-order valence-corrected chi connectivity index (χ4v) is 2.99. The number of hydrogen-bond acceptors (Lipinski definition) is 3. The summed E-state index contributed by atoms with van der Waals surface area (Å²) in [6.07, 6.45) is -0.207. The number of anilines is 1. The minimum Gasteiger partial charge on any atom is -0.367 e. The lowest BCUT2D eigenvalue weighted by molar-refractivity contribution is 0.579. The predicted octanol–water partition coefficient (Wildman–Crippen LogP) is 3.28. The van der Waals surface area contributed by atoms with Crippen LogP contribution in [0.25, 0.3) is 0 Å². The zero-order valence-corrected chi connectivity index (χ0v) is 13.2. The van der Waals surface area contributed by atoms with Crippen molar-refractivity contribution in [3.63, 3.8) is 0 Å². The van der Waals surface area contributed by atoms with Gasteiger partial charge in [-0.1, -0.05) is 62.4 Å². The Labute approximate surface area is 132 Å². The molecule has 0 spiro atoms. The van der Waals surface area contributed by atoms with E-state index in [0.717, 1.165) is 24.4 Å². The van der Waals surface area contributed by atoms with Gasteiger partial charge >= 0.3 is 0 Å². The van der Waals surface area contributed by atoms with Crippen LogP contribution in [0.2, 0.25) is 0 Å². The number of benzene rings is 2. The maximum absolute atomic E-state index is 6.28. The molecule has 1 atom stereocenters. The van der Waals surface area contributed by atoms with Crippen molar-refractivity contribution < 1.29 is 0 Å². The lowest BCUT2D eigenvalue weighted by atomic mass is 10.00. The van der Waals surface area contributed by atoms with Crippen LogP contribution in [-0.2, 0) is 0 Å². The first-order valence-corrected chi connectivity index (χ1v) is 7.88. The number of para-hydroxylation sites is 1. The first kappa shape index (κ1) is 14.8. The van der Waals surface area contributed by atoms with E-state index < -0.39 is 0 Å². The highest BCUT2D eigenvalue weighted by molar-refractivity contribution is 6.16. The Balaban J connectivity index is 2.10. The molecular formula is C19H23N3. The van der Waals surface area contributed by atoms with Gasteiger partial charge in [0, 0.05) is 23.4 Å². The number of rotatable bonds is 3. The summed E-state index contributed by atoms with van der Waals surface area (Å²) in [7, 11) is 0. The molecule has 0 aliphatic carbocycles. The van der Waals surface area contributed by atoms with E-state index in [1.165, 1.54) is 11.3 Å². The first-order valence-electron chi connectivity index (χ1n) is 7.88. The Morgan fingerprint density at radius 3 is 2.50 bits per heavy atom. The van der Waals surface area contributed by atoms with Crippen molar-refractivity contribution in [2.24, 2.45) is 16.6 Å². The maximum Gasteiger partial charge on any atom is 0.115 e. The second-order valence-electron chi connectivity index (χ2n) is 6.23. The van der Waals surface area contributed by atoms with Gasteiger partial charge in [0.2, 0.25) is 0 Å². The molecule has 1 heterocycles.